The lowest BCUT2D eigenvalue weighted by atomic mass is 10.3. The molecular weight excluding hydrogens is 356 g/mol. The van der Waals surface area contributed by atoms with Gasteiger partial charge in [0.05, 0.1) is 5.69 Å². The summed E-state index contributed by atoms with van der Waals surface area (Å²) in [4.78, 5) is 10.5. The number of hydrogen-bond acceptors (Lipinski definition) is 5. The van der Waals surface area contributed by atoms with E-state index in [0.29, 0.717) is 5.69 Å². The van der Waals surface area contributed by atoms with Gasteiger partial charge in [-0.05, 0) is 24.3 Å². The average molecular weight is 370 g/mol. The molecule has 0 aliphatic carbocycles. The average Bonchev–Trinajstić information content (AvgIpc) is 2.45. The Morgan fingerprint density at radius 3 is 1.96 bits per heavy atom. The number of para-hydroxylation sites is 1. The van der Waals surface area contributed by atoms with Crippen molar-refractivity contribution in [2.75, 3.05) is 10.6 Å². The molecule has 24 heavy (non-hydrogen) atoms. The molecule has 0 aromatic heterocycles. The molecule has 0 atom stereocenters. The summed E-state index contributed by atoms with van der Waals surface area (Å²) >= 11 is 0. The second-order valence-electron chi connectivity index (χ2n) is 4.67. The molecule has 0 aliphatic heterocycles. The lowest BCUT2D eigenvalue weighted by Crippen LogP contribution is -2.25. The van der Waals surface area contributed by atoms with Gasteiger partial charge in [-0.3, -0.25) is 0 Å². The number of amides is 2. The number of benzene rings is 2. The third kappa shape index (κ3) is 4.29. The van der Waals surface area contributed by atoms with Crippen LogP contribution in [0.4, 0.5) is 16.2 Å². The first-order chi connectivity index (χ1) is 11.1. The van der Waals surface area contributed by atoms with Crippen LogP contribution in [-0.4, -0.2) is 22.9 Å². The fourth-order valence-corrected chi connectivity index (χ4v) is 4.05. The normalized spacial score (nSPS) is 11.8. The van der Waals surface area contributed by atoms with Crippen LogP contribution in [0.2, 0.25) is 0 Å². The fourth-order valence-electron chi connectivity index (χ4n) is 1.94. The lowest BCUT2D eigenvalue weighted by molar-refractivity contribution is 0.262. The summed E-state index contributed by atoms with van der Waals surface area (Å²) in [5, 5.41) is 14.8. The minimum atomic E-state index is -4.47. The van der Waals surface area contributed by atoms with Gasteiger partial charge in [-0.15, -0.1) is 0 Å². The third-order valence-corrected chi connectivity index (χ3v) is 4.94. The molecule has 2 rings (SSSR count). The largest absolute Gasteiger partial charge is 0.323 e. The van der Waals surface area contributed by atoms with E-state index in [-0.39, 0.29) is 5.69 Å². The minimum absolute atomic E-state index is 0.308. The predicted molar refractivity (Wildman–Crippen MR) is 88.3 cm³/mol. The Balaban J connectivity index is 2.42. The summed E-state index contributed by atoms with van der Waals surface area (Å²) in [5.41, 5.74) is 0.146. The maximum absolute atomic E-state index is 12.0. The summed E-state index contributed by atoms with van der Waals surface area (Å²) in [5.74, 6) is 0. The van der Waals surface area contributed by atoms with Crippen LogP contribution < -0.4 is 20.9 Å². The Hall–Kier alpha value is -2.47. The molecular formula is C13H14N4O5S2. The van der Waals surface area contributed by atoms with Gasteiger partial charge in [0.1, 0.15) is 9.79 Å². The van der Waals surface area contributed by atoms with E-state index in [1.165, 1.54) is 12.1 Å². The van der Waals surface area contributed by atoms with Crippen LogP contribution in [0.25, 0.3) is 0 Å². The van der Waals surface area contributed by atoms with Crippen molar-refractivity contribution < 1.29 is 21.6 Å². The van der Waals surface area contributed by atoms with Crippen molar-refractivity contribution in [1.29, 1.82) is 0 Å². The van der Waals surface area contributed by atoms with Crippen molar-refractivity contribution in [3.05, 3.63) is 48.5 Å². The van der Waals surface area contributed by atoms with Gasteiger partial charge >= 0.3 is 6.03 Å². The van der Waals surface area contributed by atoms with Crippen LogP contribution in [0, 0.1) is 0 Å². The van der Waals surface area contributed by atoms with Crippen molar-refractivity contribution in [3.8, 4) is 0 Å². The number of anilines is 2. The van der Waals surface area contributed by atoms with Crippen molar-refractivity contribution in [2.24, 2.45) is 10.3 Å². The molecule has 2 aromatic rings. The fraction of sp³-hybridized carbons (Fsp3) is 0. The monoisotopic (exact) mass is 370 g/mol. The summed E-state index contributed by atoms with van der Waals surface area (Å²) in [6.45, 7) is 0. The van der Waals surface area contributed by atoms with E-state index in [9.17, 15) is 21.6 Å². The zero-order valence-corrected chi connectivity index (χ0v) is 13.8. The standard InChI is InChI=1S/C13H14N4O5S2/c14-23(19,20)11-8-4-7-10(12(11)24(15,21)22)17-13(18)16-9-5-2-1-3-6-9/h1-8H,(H2,14,19,20)(H2,15,21,22)(H2,16,17,18). The molecule has 0 fully saturated rings. The topological polar surface area (TPSA) is 161 Å². The van der Waals surface area contributed by atoms with Crippen molar-refractivity contribution in [2.45, 2.75) is 9.79 Å². The van der Waals surface area contributed by atoms with Gasteiger partial charge in [-0.1, -0.05) is 24.3 Å². The molecule has 0 unspecified atom stereocenters. The van der Waals surface area contributed by atoms with Gasteiger partial charge in [-0.2, -0.15) is 0 Å². The van der Waals surface area contributed by atoms with Crippen LogP contribution >= 0.6 is 0 Å². The number of primary sulfonamides is 2. The van der Waals surface area contributed by atoms with Gasteiger partial charge in [-0.25, -0.2) is 31.9 Å². The number of hydrogen-bond donors (Lipinski definition) is 4. The first-order valence-electron chi connectivity index (χ1n) is 6.41. The van der Waals surface area contributed by atoms with E-state index in [1.807, 2.05) is 0 Å². The van der Waals surface area contributed by atoms with E-state index in [2.05, 4.69) is 10.6 Å². The molecule has 0 aliphatic rings. The molecule has 128 valence electrons. The molecule has 0 saturated carbocycles. The molecule has 11 heteroatoms. The van der Waals surface area contributed by atoms with Crippen LogP contribution in [0.3, 0.4) is 0 Å². The van der Waals surface area contributed by atoms with Gasteiger partial charge in [0.25, 0.3) is 0 Å². The van der Waals surface area contributed by atoms with Crippen molar-refractivity contribution in [3.63, 3.8) is 0 Å². The number of nitrogens with two attached hydrogens (primary N) is 2. The lowest BCUT2D eigenvalue weighted by Gasteiger charge is -2.13. The van der Waals surface area contributed by atoms with E-state index < -0.39 is 35.9 Å². The SMILES string of the molecule is NS(=O)(=O)c1cccc(NC(=O)Nc2ccccc2)c1S(N)(=O)=O. The zero-order valence-electron chi connectivity index (χ0n) is 12.1. The number of carbonyl (C=O) groups excluding carboxylic acids is 1. The van der Waals surface area contributed by atoms with Gasteiger partial charge in [0.15, 0.2) is 0 Å². The summed E-state index contributed by atoms with van der Waals surface area (Å²) in [6, 6.07) is 11.0. The second kappa shape index (κ2) is 6.57. The van der Waals surface area contributed by atoms with Crippen LogP contribution in [0.15, 0.2) is 58.3 Å². The molecule has 0 bridgehead atoms. The maximum Gasteiger partial charge on any atom is 0.323 e. The second-order valence-corrected chi connectivity index (χ2v) is 7.70. The maximum atomic E-state index is 12.0. The Labute approximate surface area is 138 Å². The number of rotatable bonds is 4. The molecule has 6 N–H and O–H groups in total. The Morgan fingerprint density at radius 1 is 0.792 bits per heavy atom. The van der Waals surface area contributed by atoms with Crippen LogP contribution in [0.1, 0.15) is 0 Å². The molecule has 9 nitrogen and oxygen atoms in total. The predicted octanol–water partition coefficient (Wildman–Crippen LogP) is 0.625. The molecule has 2 amide bonds. The highest BCUT2D eigenvalue weighted by atomic mass is 32.2. The number of urea groups is 1. The molecule has 0 heterocycles. The third-order valence-electron chi connectivity index (χ3n) is 2.85. The van der Waals surface area contributed by atoms with Crippen molar-refractivity contribution in [1.82, 2.24) is 0 Å². The zero-order chi connectivity index (χ0) is 18.0. The molecule has 0 radical (unpaired) electrons. The van der Waals surface area contributed by atoms with Crippen molar-refractivity contribution >= 4 is 37.5 Å². The summed E-state index contributed by atoms with van der Waals surface area (Å²) in [6.07, 6.45) is 0. The molecule has 2 aromatic carbocycles. The summed E-state index contributed by atoms with van der Waals surface area (Å²) < 4.78 is 46.6. The van der Waals surface area contributed by atoms with E-state index in [1.54, 1.807) is 30.3 Å². The van der Waals surface area contributed by atoms with E-state index >= 15 is 0 Å². The highest BCUT2D eigenvalue weighted by Crippen LogP contribution is 2.27. The van der Waals surface area contributed by atoms with Gasteiger partial charge in [0.2, 0.25) is 20.0 Å². The minimum Gasteiger partial charge on any atom is -0.308 e. The van der Waals surface area contributed by atoms with Gasteiger partial charge < -0.3 is 10.6 Å². The highest BCUT2D eigenvalue weighted by Gasteiger charge is 2.26. The Morgan fingerprint density at radius 2 is 1.42 bits per heavy atom. The van der Waals surface area contributed by atoms with E-state index in [0.717, 1.165) is 6.07 Å². The Bertz CT molecular complexity index is 973. The first-order valence-corrected chi connectivity index (χ1v) is 9.50. The van der Waals surface area contributed by atoms with Crippen LogP contribution in [0.5, 0.6) is 0 Å². The van der Waals surface area contributed by atoms with Gasteiger partial charge in [0, 0.05) is 5.69 Å². The highest BCUT2D eigenvalue weighted by molar-refractivity contribution is 7.92. The molecule has 0 saturated heterocycles. The van der Waals surface area contributed by atoms with Crippen LogP contribution in [-0.2, 0) is 20.0 Å². The number of carbonyl (C=O) groups is 1. The van der Waals surface area contributed by atoms with E-state index in [4.69, 9.17) is 10.3 Å². The first kappa shape index (κ1) is 17.9. The smallest absolute Gasteiger partial charge is 0.308 e. The summed E-state index contributed by atoms with van der Waals surface area (Å²) in [7, 11) is -8.83. The number of nitrogens with one attached hydrogen (secondary N) is 2. The molecule has 0 spiro atoms. The Kier molecular flexibility index (Phi) is 4.89. The quantitative estimate of drug-likeness (QED) is 0.619. The number of sulfonamides is 2.